The first-order chi connectivity index (χ1) is 12.0. The van der Waals surface area contributed by atoms with Crippen molar-refractivity contribution in [2.24, 2.45) is 11.8 Å². The lowest BCUT2D eigenvalue weighted by Crippen LogP contribution is -2.20. The summed E-state index contributed by atoms with van der Waals surface area (Å²) < 4.78 is 0. The molecular weight excluding hydrogens is 320 g/mol. The number of carboxylic acid groups (broad SMARTS) is 1. The van der Waals surface area contributed by atoms with E-state index < -0.39 is 24.3 Å². The second-order valence-electron chi connectivity index (χ2n) is 7.03. The standard InChI is InChI=1S/C20H34O5/c1-2-15(21)12-13-17-16(18(22)14-19(17)23)10-8-6-4-3-5-7-9-11-20(24)25/h6,8,12-13,15-19,21-23H,2-5,7,9-11,14H2,1H3,(H,24,25)/t15?,16-,17-,18+,19-/m0/s1. The molecule has 0 aliphatic heterocycles. The minimum atomic E-state index is -0.729. The number of hydrogen-bond donors (Lipinski definition) is 4. The van der Waals surface area contributed by atoms with Gasteiger partial charge in [-0.2, -0.15) is 0 Å². The number of unbranched alkanes of at least 4 members (excludes halogenated alkanes) is 4. The number of aliphatic hydroxyl groups excluding tert-OH is 3. The van der Waals surface area contributed by atoms with E-state index in [0.29, 0.717) is 19.3 Å². The number of aliphatic carboxylic acids is 1. The van der Waals surface area contributed by atoms with Crippen LogP contribution in [0.15, 0.2) is 24.3 Å². The van der Waals surface area contributed by atoms with E-state index in [4.69, 9.17) is 5.11 Å². The fourth-order valence-corrected chi connectivity index (χ4v) is 3.36. The predicted octanol–water partition coefficient (Wildman–Crippen LogP) is 3.04. The fraction of sp³-hybridized carbons (Fsp3) is 0.750. The van der Waals surface area contributed by atoms with Crippen molar-refractivity contribution in [3.05, 3.63) is 24.3 Å². The summed E-state index contributed by atoms with van der Waals surface area (Å²) in [6.45, 7) is 1.90. The maximum Gasteiger partial charge on any atom is 0.303 e. The van der Waals surface area contributed by atoms with Crippen LogP contribution in [-0.4, -0.2) is 44.7 Å². The molecule has 1 aliphatic rings. The number of carbonyl (C=O) groups is 1. The molecule has 25 heavy (non-hydrogen) atoms. The highest BCUT2D eigenvalue weighted by Gasteiger charge is 2.39. The Labute approximate surface area is 151 Å². The van der Waals surface area contributed by atoms with E-state index in [2.05, 4.69) is 12.2 Å². The first-order valence-corrected chi connectivity index (χ1v) is 9.55. The molecule has 0 aromatic rings. The molecule has 4 N–H and O–H groups in total. The summed E-state index contributed by atoms with van der Waals surface area (Å²) in [5.74, 6) is -0.855. The van der Waals surface area contributed by atoms with Gasteiger partial charge in [-0.3, -0.25) is 4.79 Å². The maximum atomic E-state index is 10.4. The van der Waals surface area contributed by atoms with Gasteiger partial charge in [0.25, 0.3) is 0 Å². The third-order valence-electron chi connectivity index (χ3n) is 4.98. The number of hydrogen-bond acceptors (Lipinski definition) is 4. The van der Waals surface area contributed by atoms with Crippen LogP contribution in [0.4, 0.5) is 0 Å². The molecule has 0 amide bonds. The minimum Gasteiger partial charge on any atom is -0.481 e. The first-order valence-electron chi connectivity index (χ1n) is 9.55. The average molecular weight is 354 g/mol. The summed E-state index contributed by atoms with van der Waals surface area (Å²) in [4.78, 5) is 10.4. The molecule has 144 valence electrons. The molecule has 0 aromatic heterocycles. The first kappa shape index (κ1) is 21.9. The maximum absolute atomic E-state index is 10.4. The zero-order valence-corrected chi connectivity index (χ0v) is 15.3. The lowest BCUT2D eigenvalue weighted by atomic mass is 9.89. The second kappa shape index (κ2) is 12.2. The highest BCUT2D eigenvalue weighted by atomic mass is 16.4. The van der Waals surface area contributed by atoms with Crippen LogP contribution in [0.1, 0.15) is 64.7 Å². The molecule has 5 nitrogen and oxygen atoms in total. The van der Waals surface area contributed by atoms with Crippen LogP contribution in [0.5, 0.6) is 0 Å². The summed E-state index contributed by atoms with van der Waals surface area (Å²) in [5.41, 5.74) is 0. The van der Waals surface area contributed by atoms with E-state index in [-0.39, 0.29) is 18.3 Å². The predicted molar refractivity (Wildman–Crippen MR) is 98.1 cm³/mol. The second-order valence-corrected chi connectivity index (χ2v) is 7.03. The van der Waals surface area contributed by atoms with E-state index in [9.17, 15) is 20.1 Å². The Morgan fingerprint density at radius 2 is 1.84 bits per heavy atom. The largest absolute Gasteiger partial charge is 0.481 e. The molecule has 0 aromatic carbocycles. The molecule has 1 aliphatic carbocycles. The molecule has 1 saturated carbocycles. The van der Waals surface area contributed by atoms with Crippen LogP contribution in [0.3, 0.4) is 0 Å². The molecule has 0 heterocycles. The summed E-state index contributed by atoms with van der Waals surface area (Å²) in [6.07, 6.45) is 12.9. The number of rotatable bonds is 12. The van der Waals surface area contributed by atoms with E-state index >= 15 is 0 Å². The van der Waals surface area contributed by atoms with Gasteiger partial charge in [0, 0.05) is 18.8 Å². The van der Waals surface area contributed by atoms with Crippen LogP contribution in [-0.2, 0) is 4.79 Å². The Kier molecular flexibility index (Phi) is 10.7. The summed E-state index contributed by atoms with van der Waals surface area (Å²) in [6, 6.07) is 0. The van der Waals surface area contributed by atoms with Gasteiger partial charge in [0.05, 0.1) is 18.3 Å². The Hall–Kier alpha value is -1.17. The van der Waals surface area contributed by atoms with Crippen LogP contribution < -0.4 is 0 Å². The van der Waals surface area contributed by atoms with Crippen molar-refractivity contribution in [2.75, 3.05) is 0 Å². The number of carboxylic acids is 1. The van der Waals surface area contributed by atoms with Gasteiger partial charge in [0.2, 0.25) is 0 Å². The highest BCUT2D eigenvalue weighted by molar-refractivity contribution is 5.66. The van der Waals surface area contributed by atoms with Gasteiger partial charge in [-0.25, -0.2) is 0 Å². The Morgan fingerprint density at radius 3 is 2.52 bits per heavy atom. The van der Waals surface area contributed by atoms with Crippen LogP contribution in [0.2, 0.25) is 0 Å². The molecule has 1 fully saturated rings. The Morgan fingerprint density at radius 1 is 1.12 bits per heavy atom. The van der Waals surface area contributed by atoms with E-state index in [1.807, 2.05) is 13.0 Å². The van der Waals surface area contributed by atoms with Crippen molar-refractivity contribution in [3.63, 3.8) is 0 Å². The molecule has 1 unspecified atom stereocenters. The van der Waals surface area contributed by atoms with Gasteiger partial charge >= 0.3 is 5.97 Å². The monoisotopic (exact) mass is 354 g/mol. The van der Waals surface area contributed by atoms with Crippen molar-refractivity contribution in [2.45, 2.75) is 83.0 Å². The Bertz CT molecular complexity index is 432. The van der Waals surface area contributed by atoms with Gasteiger partial charge in [-0.05, 0) is 38.0 Å². The van der Waals surface area contributed by atoms with E-state index in [0.717, 1.165) is 32.1 Å². The summed E-state index contributed by atoms with van der Waals surface area (Å²) >= 11 is 0. The summed E-state index contributed by atoms with van der Waals surface area (Å²) in [5, 5.41) is 38.5. The molecule has 0 bridgehead atoms. The highest BCUT2D eigenvalue weighted by Crippen LogP contribution is 2.36. The van der Waals surface area contributed by atoms with Crippen molar-refractivity contribution < 1.29 is 25.2 Å². The molecule has 1 rings (SSSR count). The molecule has 0 spiro atoms. The lowest BCUT2D eigenvalue weighted by molar-refractivity contribution is -0.137. The molecular formula is C20H34O5. The summed E-state index contributed by atoms with van der Waals surface area (Å²) in [7, 11) is 0. The van der Waals surface area contributed by atoms with Gasteiger partial charge in [-0.15, -0.1) is 0 Å². The SMILES string of the molecule is CCC(O)C=C[C@H]1[C@H](CC=CCCCCCCC(=O)O)[C@H](O)C[C@@H]1O. The van der Waals surface area contributed by atoms with Gasteiger partial charge in [0.1, 0.15) is 0 Å². The smallest absolute Gasteiger partial charge is 0.303 e. The fourth-order valence-electron chi connectivity index (χ4n) is 3.36. The quantitative estimate of drug-likeness (QED) is 0.319. The minimum absolute atomic E-state index is 0.0119. The van der Waals surface area contributed by atoms with Crippen LogP contribution in [0.25, 0.3) is 0 Å². The Balaban J connectivity index is 2.30. The molecule has 5 atom stereocenters. The van der Waals surface area contributed by atoms with Crippen molar-refractivity contribution in [3.8, 4) is 0 Å². The third-order valence-corrected chi connectivity index (χ3v) is 4.98. The van der Waals surface area contributed by atoms with Gasteiger partial charge in [0.15, 0.2) is 0 Å². The topological polar surface area (TPSA) is 98.0 Å². The zero-order chi connectivity index (χ0) is 18.7. The van der Waals surface area contributed by atoms with Crippen molar-refractivity contribution >= 4 is 5.97 Å². The number of allylic oxidation sites excluding steroid dienone is 2. The third kappa shape index (κ3) is 8.66. The van der Waals surface area contributed by atoms with E-state index in [1.165, 1.54) is 0 Å². The molecule has 0 saturated heterocycles. The van der Waals surface area contributed by atoms with Crippen molar-refractivity contribution in [1.29, 1.82) is 0 Å². The molecule has 5 heteroatoms. The van der Waals surface area contributed by atoms with Gasteiger partial charge < -0.3 is 20.4 Å². The van der Waals surface area contributed by atoms with Crippen molar-refractivity contribution in [1.82, 2.24) is 0 Å². The molecule has 0 radical (unpaired) electrons. The van der Waals surface area contributed by atoms with Crippen LogP contribution in [0, 0.1) is 11.8 Å². The average Bonchev–Trinajstić information content (AvgIpc) is 2.84. The zero-order valence-electron chi connectivity index (χ0n) is 15.3. The van der Waals surface area contributed by atoms with Gasteiger partial charge in [-0.1, -0.05) is 44.1 Å². The van der Waals surface area contributed by atoms with E-state index in [1.54, 1.807) is 6.08 Å². The lowest BCUT2D eigenvalue weighted by Gasteiger charge is -2.19. The normalized spacial score (nSPS) is 28.2. The number of aliphatic hydroxyl groups is 3. The van der Waals surface area contributed by atoms with Crippen LogP contribution >= 0.6 is 0 Å².